The van der Waals surface area contributed by atoms with Gasteiger partial charge >= 0.3 is 5.97 Å². The number of aliphatic carboxylic acids is 1. The van der Waals surface area contributed by atoms with E-state index >= 15 is 0 Å². The summed E-state index contributed by atoms with van der Waals surface area (Å²) >= 11 is 0. The van der Waals surface area contributed by atoms with E-state index in [1.54, 1.807) is 12.1 Å². The normalized spacial score (nSPS) is 11.9. The van der Waals surface area contributed by atoms with Crippen LogP contribution in [0.3, 0.4) is 0 Å². The van der Waals surface area contributed by atoms with Gasteiger partial charge in [0.1, 0.15) is 11.8 Å². The second-order valence-electron chi connectivity index (χ2n) is 14.5. The molecule has 19 nitrogen and oxygen atoms in total. The Labute approximate surface area is 359 Å². The molecule has 0 fully saturated rings. The molecule has 0 saturated carbocycles. The molecule has 338 valence electrons. The Hall–Kier alpha value is -5.47. The van der Waals surface area contributed by atoms with Crippen LogP contribution >= 0.6 is 0 Å². The maximum atomic E-state index is 12.8. The standard InChI is InChI=1S/C43H59N7O12/c1-2-58-21-22-59-19-7-4-10-33-34(38(53)37(33)52)11-5-8-20-61-24-26-62-25-23-60-18-6-3-9-32(51)16-17-35(42(56)57)48-40(54)29-12-14-30(15-13-29)45-27-31-28-46-39-36(47-31)41(55)50-43(44)49-39/h12-15,28,35,45H,2-11,16-27H2,1H3,(H,48,54)(H,56,57)(H3,44,46,49,50,55)/t35-/m0/s1. The van der Waals surface area contributed by atoms with Crippen molar-refractivity contribution in [2.24, 2.45) is 0 Å². The summed E-state index contributed by atoms with van der Waals surface area (Å²) in [6, 6.07) is 5.12. The number of ketones is 1. The lowest BCUT2D eigenvalue weighted by Crippen LogP contribution is -2.41. The first kappa shape index (κ1) is 49.2. The average Bonchev–Trinajstić information content (AvgIpc) is 3.26. The lowest BCUT2D eigenvalue weighted by Gasteiger charge is -2.14. The zero-order chi connectivity index (χ0) is 44.5. The minimum Gasteiger partial charge on any atom is -0.480 e. The summed E-state index contributed by atoms with van der Waals surface area (Å²) in [4.78, 5) is 88.0. The van der Waals surface area contributed by atoms with E-state index < -0.39 is 23.5 Å². The number of hydrogen-bond donors (Lipinski definition) is 5. The van der Waals surface area contributed by atoms with Gasteiger partial charge in [-0.2, -0.15) is 4.98 Å². The number of aromatic amines is 1. The number of carbonyl (C=O) groups excluding carboxylic acids is 2. The molecule has 4 rings (SSSR count). The van der Waals surface area contributed by atoms with E-state index in [2.05, 4.69) is 30.6 Å². The Bertz CT molecular complexity index is 2140. The molecule has 0 unspecified atom stereocenters. The molecule has 0 saturated heterocycles. The molecule has 2 aromatic carbocycles. The highest BCUT2D eigenvalue weighted by Crippen LogP contribution is 2.14. The number of amides is 1. The molecule has 0 radical (unpaired) electrons. The first-order valence-corrected chi connectivity index (χ1v) is 21.2. The summed E-state index contributed by atoms with van der Waals surface area (Å²) in [5.74, 6) is -1.97. The number of aromatic nitrogens is 4. The number of nitrogens with zero attached hydrogens (tertiary/aromatic N) is 3. The maximum Gasteiger partial charge on any atom is 0.326 e. The lowest BCUT2D eigenvalue weighted by molar-refractivity contribution is -0.139. The van der Waals surface area contributed by atoms with Gasteiger partial charge in [0.25, 0.3) is 11.5 Å². The number of nitrogens with two attached hydrogens (primary N) is 1. The quantitative estimate of drug-likeness (QED) is 0.0333. The van der Waals surface area contributed by atoms with Crippen LogP contribution in [0.5, 0.6) is 0 Å². The molecule has 6 N–H and O–H groups in total. The molecule has 1 amide bonds. The fourth-order valence-electron chi connectivity index (χ4n) is 6.38. The van der Waals surface area contributed by atoms with Crippen LogP contribution in [0, 0.1) is 0 Å². The van der Waals surface area contributed by atoms with Crippen molar-refractivity contribution in [1.82, 2.24) is 25.3 Å². The number of carbonyl (C=O) groups is 3. The number of hydrogen-bond acceptors (Lipinski definition) is 16. The van der Waals surface area contributed by atoms with E-state index in [1.807, 2.05) is 6.92 Å². The minimum absolute atomic E-state index is 0.0106. The molecule has 1 atom stereocenters. The highest BCUT2D eigenvalue weighted by Gasteiger charge is 2.22. The second-order valence-corrected chi connectivity index (χ2v) is 14.5. The van der Waals surface area contributed by atoms with Gasteiger partial charge in [0.05, 0.1) is 58.1 Å². The number of carboxylic acids is 1. The third-order valence-corrected chi connectivity index (χ3v) is 9.79. The molecule has 0 aliphatic rings. The summed E-state index contributed by atoms with van der Waals surface area (Å²) < 4.78 is 27.5. The zero-order valence-electron chi connectivity index (χ0n) is 35.4. The third kappa shape index (κ3) is 17.1. The molecule has 19 heteroatoms. The van der Waals surface area contributed by atoms with Crippen LogP contribution in [0.1, 0.15) is 91.9 Å². The number of H-pyrrole nitrogens is 1. The van der Waals surface area contributed by atoms with Gasteiger partial charge in [0.2, 0.25) is 16.8 Å². The summed E-state index contributed by atoms with van der Waals surface area (Å²) in [7, 11) is 0. The second kappa shape index (κ2) is 27.5. The van der Waals surface area contributed by atoms with Crippen molar-refractivity contribution in [2.75, 3.05) is 77.1 Å². The van der Waals surface area contributed by atoms with Gasteiger partial charge in [-0.1, -0.05) is 0 Å². The van der Waals surface area contributed by atoms with Crippen molar-refractivity contribution in [1.29, 1.82) is 0 Å². The van der Waals surface area contributed by atoms with Gasteiger partial charge in [-0.05, 0) is 89.0 Å². The summed E-state index contributed by atoms with van der Waals surface area (Å²) in [5.41, 5.74) is 7.24. The van der Waals surface area contributed by atoms with Crippen LogP contribution in [0.15, 0.2) is 44.8 Å². The number of anilines is 2. The molecule has 0 spiro atoms. The molecule has 2 heterocycles. The molecular weight excluding hydrogens is 807 g/mol. The highest BCUT2D eigenvalue weighted by atomic mass is 16.5. The van der Waals surface area contributed by atoms with E-state index in [9.17, 15) is 33.9 Å². The van der Waals surface area contributed by atoms with Crippen LogP contribution in [-0.4, -0.2) is 115 Å². The Kier molecular flexibility index (Phi) is 21.8. The fourth-order valence-corrected chi connectivity index (χ4v) is 6.38. The number of nitrogen functional groups attached to an aromatic ring is 1. The van der Waals surface area contributed by atoms with Crippen molar-refractivity contribution < 1.29 is 43.2 Å². The van der Waals surface area contributed by atoms with E-state index in [-0.39, 0.29) is 65.1 Å². The molecular formula is C43H59N7O12. The van der Waals surface area contributed by atoms with Gasteiger partial charge in [0.15, 0.2) is 11.2 Å². The number of unbranched alkanes of at least 4 members (excludes halogenated alkanes) is 3. The zero-order valence-corrected chi connectivity index (χ0v) is 35.4. The van der Waals surface area contributed by atoms with E-state index in [0.29, 0.717) is 114 Å². The molecule has 0 aliphatic heterocycles. The van der Waals surface area contributed by atoms with Crippen molar-refractivity contribution >= 4 is 40.5 Å². The van der Waals surface area contributed by atoms with E-state index in [0.717, 1.165) is 25.7 Å². The number of nitrogens with one attached hydrogen (secondary N) is 3. The first-order valence-electron chi connectivity index (χ1n) is 21.2. The molecule has 0 aliphatic carbocycles. The number of ether oxygens (including phenoxy) is 5. The van der Waals surface area contributed by atoms with Crippen molar-refractivity contribution in [3.63, 3.8) is 0 Å². The van der Waals surface area contributed by atoms with Gasteiger partial charge in [-0.15, -0.1) is 0 Å². The largest absolute Gasteiger partial charge is 0.480 e. The van der Waals surface area contributed by atoms with Crippen LogP contribution in [0.4, 0.5) is 11.6 Å². The van der Waals surface area contributed by atoms with Crippen molar-refractivity contribution in [2.45, 2.75) is 90.1 Å². The van der Waals surface area contributed by atoms with E-state index in [4.69, 9.17) is 29.4 Å². The van der Waals surface area contributed by atoms with E-state index in [1.165, 1.54) is 18.3 Å². The smallest absolute Gasteiger partial charge is 0.326 e. The van der Waals surface area contributed by atoms with Crippen LogP contribution in [0.25, 0.3) is 11.2 Å². The summed E-state index contributed by atoms with van der Waals surface area (Å²) in [6.07, 6.45) is 7.35. The first-order chi connectivity index (χ1) is 30.1. The average molecular weight is 866 g/mol. The number of rotatable bonds is 34. The SMILES string of the molecule is CCOCCOCCCCc1c(CCCCOCCOCCOCCCCC(=O)CC[C@H](NC(=O)c2ccc(NCc3cnc4nc(N)[nH]c(=O)c4n3)cc2)C(=O)O)c(=O)c1=O. The van der Waals surface area contributed by atoms with Gasteiger partial charge < -0.3 is 45.2 Å². The third-order valence-electron chi connectivity index (χ3n) is 9.79. The van der Waals surface area contributed by atoms with Gasteiger partial charge in [-0.25, -0.2) is 14.8 Å². The Morgan fingerprint density at radius 3 is 1.89 bits per heavy atom. The Morgan fingerprint density at radius 1 is 0.742 bits per heavy atom. The Morgan fingerprint density at radius 2 is 1.31 bits per heavy atom. The summed E-state index contributed by atoms with van der Waals surface area (Å²) in [5, 5.41) is 15.3. The predicted molar refractivity (Wildman–Crippen MR) is 230 cm³/mol. The fraction of sp³-hybridized carbons (Fsp3) is 0.558. The van der Waals surface area contributed by atoms with Gasteiger partial charge in [0, 0.05) is 61.6 Å². The minimum atomic E-state index is -1.23. The van der Waals surface area contributed by atoms with Crippen LogP contribution in [-0.2, 0) is 52.7 Å². The molecule has 0 bridgehead atoms. The number of fused-ring (bicyclic) bond motifs is 1. The number of carboxylic acid groups (broad SMARTS) is 1. The van der Waals surface area contributed by atoms with Crippen molar-refractivity contribution in [3.05, 3.63) is 83.6 Å². The van der Waals surface area contributed by atoms with Gasteiger partial charge in [-0.3, -0.25) is 29.0 Å². The maximum absolute atomic E-state index is 12.8. The Balaban J connectivity index is 0.965. The lowest BCUT2D eigenvalue weighted by atomic mass is 9.92. The number of Topliss-reactive ketones (excluding diaryl/α,β-unsaturated/α-hetero) is 1. The highest BCUT2D eigenvalue weighted by molar-refractivity contribution is 5.97. The van der Waals surface area contributed by atoms with Crippen molar-refractivity contribution in [3.8, 4) is 0 Å². The van der Waals surface area contributed by atoms with Crippen LogP contribution < -0.4 is 32.8 Å². The number of benzene rings is 1. The monoisotopic (exact) mass is 865 g/mol. The molecule has 2 aromatic heterocycles. The summed E-state index contributed by atoms with van der Waals surface area (Å²) in [6.45, 7) is 7.22. The van der Waals surface area contributed by atoms with Crippen LogP contribution in [0.2, 0.25) is 0 Å². The topological polar surface area (TPSA) is 273 Å². The molecule has 62 heavy (non-hydrogen) atoms. The molecule has 4 aromatic rings. The predicted octanol–water partition coefficient (Wildman–Crippen LogP) is 2.65.